The van der Waals surface area contributed by atoms with Gasteiger partial charge in [0.15, 0.2) is 0 Å². The summed E-state index contributed by atoms with van der Waals surface area (Å²) >= 11 is 4.94. The summed E-state index contributed by atoms with van der Waals surface area (Å²) in [6.07, 6.45) is 3.28. The molecule has 0 spiro atoms. The summed E-state index contributed by atoms with van der Waals surface area (Å²) in [5.41, 5.74) is 3.28. The van der Waals surface area contributed by atoms with E-state index in [1.807, 2.05) is 109 Å². The molecule has 4 rings (SSSR count). The van der Waals surface area contributed by atoms with Crippen LogP contribution in [-0.4, -0.2) is 11.8 Å². The highest BCUT2D eigenvalue weighted by atomic mass is 79.9. The summed E-state index contributed by atoms with van der Waals surface area (Å²) < 4.78 is 0.826. The standard InChI is InChI=1S/C29H23BrN2O2S/c30-25-13-7-8-14-26(25)32-29(34)28(22-11-5-2-6-12-22)35-24-18-16-23(17-19-24)31-27(33)20-15-21-9-3-1-4-10-21/h1-20,28H,(H,31,33)(H,32,34)/b20-15+. The molecule has 1 unspecified atom stereocenters. The van der Waals surface area contributed by atoms with Crippen LogP contribution in [0, 0.1) is 0 Å². The van der Waals surface area contributed by atoms with Crippen LogP contribution in [0.1, 0.15) is 16.4 Å². The molecule has 6 heteroatoms. The van der Waals surface area contributed by atoms with E-state index < -0.39 is 5.25 Å². The van der Waals surface area contributed by atoms with E-state index in [9.17, 15) is 9.59 Å². The van der Waals surface area contributed by atoms with Crippen LogP contribution < -0.4 is 10.6 Å². The number of anilines is 2. The highest BCUT2D eigenvalue weighted by Crippen LogP contribution is 2.37. The van der Waals surface area contributed by atoms with Gasteiger partial charge in [-0.15, -0.1) is 11.8 Å². The van der Waals surface area contributed by atoms with E-state index in [0.29, 0.717) is 5.69 Å². The fourth-order valence-corrected chi connectivity index (χ4v) is 4.74. The van der Waals surface area contributed by atoms with E-state index in [4.69, 9.17) is 0 Å². The van der Waals surface area contributed by atoms with Gasteiger partial charge in [-0.1, -0.05) is 72.8 Å². The Kier molecular flexibility index (Phi) is 8.54. The van der Waals surface area contributed by atoms with Gasteiger partial charge in [0.2, 0.25) is 11.8 Å². The number of hydrogen-bond acceptors (Lipinski definition) is 3. The quantitative estimate of drug-likeness (QED) is 0.178. The second kappa shape index (κ2) is 12.2. The third kappa shape index (κ3) is 7.18. The number of carbonyl (C=O) groups is 2. The highest BCUT2D eigenvalue weighted by molar-refractivity contribution is 9.10. The molecular formula is C29H23BrN2O2S. The normalized spacial score (nSPS) is 11.7. The van der Waals surface area contributed by atoms with E-state index in [0.717, 1.165) is 26.2 Å². The SMILES string of the molecule is O=C(/C=C/c1ccccc1)Nc1ccc(SC(C(=O)Nc2ccccc2Br)c2ccccc2)cc1. The van der Waals surface area contributed by atoms with Crippen LogP contribution in [0.3, 0.4) is 0 Å². The summed E-state index contributed by atoms with van der Waals surface area (Å²) in [6, 6.07) is 34.4. The maximum Gasteiger partial charge on any atom is 0.248 e. The van der Waals surface area contributed by atoms with Gasteiger partial charge < -0.3 is 10.6 Å². The Morgan fingerprint density at radius 3 is 2.06 bits per heavy atom. The van der Waals surface area contributed by atoms with Crippen molar-refractivity contribution in [2.75, 3.05) is 10.6 Å². The maximum absolute atomic E-state index is 13.3. The van der Waals surface area contributed by atoms with Crippen molar-refractivity contribution in [1.82, 2.24) is 0 Å². The van der Waals surface area contributed by atoms with Gasteiger partial charge in [0.25, 0.3) is 0 Å². The first-order valence-electron chi connectivity index (χ1n) is 11.0. The summed E-state index contributed by atoms with van der Waals surface area (Å²) in [4.78, 5) is 26.4. The van der Waals surface area contributed by atoms with Crippen LogP contribution in [-0.2, 0) is 9.59 Å². The van der Waals surface area contributed by atoms with Gasteiger partial charge in [-0.2, -0.15) is 0 Å². The van der Waals surface area contributed by atoms with E-state index >= 15 is 0 Å². The number of thioether (sulfide) groups is 1. The predicted octanol–water partition coefficient (Wildman–Crippen LogP) is 7.57. The third-order valence-corrected chi connectivity index (χ3v) is 7.03. The molecular weight excluding hydrogens is 520 g/mol. The van der Waals surface area contributed by atoms with E-state index in [2.05, 4.69) is 26.6 Å². The summed E-state index contributed by atoms with van der Waals surface area (Å²) in [7, 11) is 0. The lowest BCUT2D eigenvalue weighted by Gasteiger charge is -2.18. The second-order valence-electron chi connectivity index (χ2n) is 7.64. The molecule has 0 heterocycles. The lowest BCUT2D eigenvalue weighted by atomic mass is 10.1. The Hall–Kier alpha value is -3.61. The molecule has 0 fully saturated rings. The fraction of sp³-hybridized carbons (Fsp3) is 0.0345. The Bertz CT molecular complexity index is 1310. The smallest absolute Gasteiger partial charge is 0.248 e. The average Bonchev–Trinajstić information content (AvgIpc) is 2.89. The molecule has 35 heavy (non-hydrogen) atoms. The largest absolute Gasteiger partial charge is 0.324 e. The molecule has 0 aliphatic heterocycles. The summed E-state index contributed by atoms with van der Waals surface area (Å²) in [5, 5.41) is 5.44. The molecule has 174 valence electrons. The van der Waals surface area contributed by atoms with Gasteiger partial charge >= 0.3 is 0 Å². The van der Waals surface area contributed by atoms with Gasteiger partial charge in [0, 0.05) is 21.1 Å². The van der Waals surface area contributed by atoms with Crippen molar-refractivity contribution in [2.45, 2.75) is 10.1 Å². The van der Waals surface area contributed by atoms with Gasteiger partial charge in [-0.05, 0) is 69.5 Å². The molecule has 0 bridgehead atoms. The molecule has 0 aromatic heterocycles. The van der Waals surface area contributed by atoms with Gasteiger partial charge in [0.1, 0.15) is 5.25 Å². The molecule has 0 radical (unpaired) electrons. The van der Waals surface area contributed by atoms with Crippen molar-refractivity contribution in [1.29, 1.82) is 0 Å². The lowest BCUT2D eigenvalue weighted by molar-refractivity contribution is -0.116. The van der Waals surface area contributed by atoms with Crippen molar-refractivity contribution >= 4 is 57.0 Å². The van der Waals surface area contributed by atoms with Crippen LogP contribution in [0.15, 0.2) is 125 Å². The molecule has 4 nitrogen and oxygen atoms in total. The Morgan fingerprint density at radius 2 is 1.37 bits per heavy atom. The number of amides is 2. The van der Waals surface area contributed by atoms with Crippen LogP contribution >= 0.6 is 27.7 Å². The van der Waals surface area contributed by atoms with Crippen molar-refractivity contribution in [2.24, 2.45) is 0 Å². The Balaban J connectivity index is 1.44. The van der Waals surface area contributed by atoms with E-state index in [1.54, 1.807) is 6.08 Å². The van der Waals surface area contributed by atoms with Crippen molar-refractivity contribution in [3.63, 3.8) is 0 Å². The minimum atomic E-state index is -0.447. The predicted molar refractivity (Wildman–Crippen MR) is 148 cm³/mol. The van der Waals surface area contributed by atoms with Gasteiger partial charge in [-0.25, -0.2) is 0 Å². The monoisotopic (exact) mass is 542 g/mol. The minimum Gasteiger partial charge on any atom is -0.324 e. The average molecular weight is 543 g/mol. The third-order valence-electron chi connectivity index (χ3n) is 5.07. The van der Waals surface area contributed by atoms with Crippen LogP contribution in [0.5, 0.6) is 0 Å². The number of carbonyl (C=O) groups excluding carboxylic acids is 2. The first kappa shape index (κ1) is 24.5. The van der Waals surface area contributed by atoms with Crippen molar-refractivity contribution < 1.29 is 9.59 Å². The number of benzene rings is 4. The zero-order chi connectivity index (χ0) is 24.5. The number of para-hydroxylation sites is 1. The number of nitrogens with one attached hydrogen (secondary N) is 2. The van der Waals surface area contributed by atoms with Gasteiger partial charge in [-0.3, -0.25) is 9.59 Å². The molecule has 0 saturated heterocycles. The Labute approximate surface area is 217 Å². The van der Waals surface area contributed by atoms with Crippen molar-refractivity contribution in [3.8, 4) is 0 Å². The summed E-state index contributed by atoms with van der Waals surface area (Å²) in [6.45, 7) is 0. The van der Waals surface area contributed by atoms with Crippen LogP contribution in [0.2, 0.25) is 0 Å². The molecule has 0 aliphatic carbocycles. The van der Waals surface area contributed by atoms with Crippen LogP contribution in [0.4, 0.5) is 11.4 Å². The molecule has 2 N–H and O–H groups in total. The van der Waals surface area contributed by atoms with E-state index in [1.165, 1.54) is 17.8 Å². The first-order chi connectivity index (χ1) is 17.1. The number of hydrogen-bond donors (Lipinski definition) is 2. The number of rotatable bonds is 8. The fourth-order valence-electron chi connectivity index (χ4n) is 3.33. The topological polar surface area (TPSA) is 58.2 Å². The first-order valence-corrected chi connectivity index (χ1v) is 12.7. The maximum atomic E-state index is 13.3. The molecule has 4 aromatic carbocycles. The zero-order valence-electron chi connectivity index (χ0n) is 18.7. The highest BCUT2D eigenvalue weighted by Gasteiger charge is 2.22. The molecule has 0 aliphatic rings. The molecule has 1 atom stereocenters. The minimum absolute atomic E-state index is 0.114. The van der Waals surface area contributed by atoms with Gasteiger partial charge in [0.05, 0.1) is 5.69 Å². The van der Waals surface area contributed by atoms with E-state index in [-0.39, 0.29) is 11.8 Å². The molecule has 2 amide bonds. The molecule has 4 aromatic rings. The number of halogens is 1. The van der Waals surface area contributed by atoms with Crippen molar-refractivity contribution in [3.05, 3.63) is 131 Å². The summed E-state index contributed by atoms with van der Waals surface area (Å²) in [5.74, 6) is -0.319. The Morgan fingerprint density at radius 1 is 0.743 bits per heavy atom. The molecule has 0 saturated carbocycles. The second-order valence-corrected chi connectivity index (χ2v) is 9.67. The van der Waals surface area contributed by atoms with Crippen LogP contribution in [0.25, 0.3) is 6.08 Å². The lowest BCUT2D eigenvalue weighted by Crippen LogP contribution is -2.19. The zero-order valence-corrected chi connectivity index (χ0v) is 21.1.